The average Bonchev–Trinajstić information content (AvgIpc) is 2.68. The second-order valence-electron chi connectivity index (χ2n) is 6.51. The van der Waals surface area contributed by atoms with E-state index < -0.39 is 0 Å². The van der Waals surface area contributed by atoms with E-state index in [1.54, 1.807) is 0 Å². The molecule has 1 saturated heterocycles. The molecule has 0 spiro atoms. The van der Waals surface area contributed by atoms with E-state index >= 15 is 0 Å². The minimum atomic E-state index is -0.0268. The number of para-hydroxylation sites is 1. The van der Waals surface area contributed by atoms with Crippen LogP contribution >= 0.6 is 0 Å². The molecule has 0 radical (unpaired) electrons. The van der Waals surface area contributed by atoms with Crippen LogP contribution in [0.5, 0.6) is 0 Å². The van der Waals surface area contributed by atoms with E-state index in [-0.39, 0.29) is 12.5 Å². The van der Waals surface area contributed by atoms with Gasteiger partial charge in [-0.2, -0.15) is 0 Å². The molecule has 2 N–H and O–H groups in total. The van der Waals surface area contributed by atoms with E-state index in [1.165, 1.54) is 24.9 Å². The number of carbonyl (C=O) groups excluding carboxylic acids is 1. The smallest absolute Gasteiger partial charge is 0.243 e. The summed E-state index contributed by atoms with van der Waals surface area (Å²) in [4.78, 5) is 14.6. The Labute approximate surface area is 150 Å². The lowest BCUT2D eigenvalue weighted by Crippen LogP contribution is -2.29. The van der Waals surface area contributed by atoms with E-state index in [0.29, 0.717) is 0 Å². The highest BCUT2D eigenvalue weighted by Gasteiger charge is 2.10. The number of amides is 1. The molecule has 132 valence electrons. The molecule has 3 rings (SSSR count). The Balaban J connectivity index is 1.51. The summed E-state index contributed by atoms with van der Waals surface area (Å²) in [6.45, 7) is 4.65. The van der Waals surface area contributed by atoms with Crippen molar-refractivity contribution in [2.45, 2.75) is 32.6 Å². The van der Waals surface area contributed by atoms with Gasteiger partial charge >= 0.3 is 0 Å². The molecule has 2 aromatic carbocycles. The monoisotopic (exact) mass is 337 g/mol. The number of piperidine rings is 1. The van der Waals surface area contributed by atoms with E-state index in [9.17, 15) is 4.79 Å². The predicted molar refractivity (Wildman–Crippen MR) is 105 cm³/mol. The molecular formula is C21H27N3O. The number of hydrogen-bond donors (Lipinski definition) is 2. The molecule has 2 aromatic rings. The van der Waals surface area contributed by atoms with Gasteiger partial charge < -0.3 is 15.5 Å². The number of aryl methyl sites for hydroxylation is 1. The highest BCUT2D eigenvalue weighted by molar-refractivity contribution is 5.94. The van der Waals surface area contributed by atoms with Crippen molar-refractivity contribution >= 4 is 23.0 Å². The second kappa shape index (κ2) is 8.56. The number of carbonyl (C=O) groups is 1. The lowest BCUT2D eigenvalue weighted by atomic mass is 10.1. The SMILES string of the molecule is CCc1ccccc1NC(=O)CNc1ccc(N2CCCCC2)cc1. The quantitative estimate of drug-likeness (QED) is 0.826. The molecular weight excluding hydrogens is 310 g/mol. The van der Waals surface area contributed by atoms with Crippen LogP contribution in [-0.2, 0) is 11.2 Å². The van der Waals surface area contributed by atoms with Crippen LogP contribution in [-0.4, -0.2) is 25.5 Å². The van der Waals surface area contributed by atoms with E-state index in [0.717, 1.165) is 36.4 Å². The fourth-order valence-electron chi connectivity index (χ4n) is 3.27. The number of benzene rings is 2. The van der Waals surface area contributed by atoms with Gasteiger partial charge in [-0.25, -0.2) is 0 Å². The molecule has 1 aliphatic rings. The number of nitrogens with zero attached hydrogens (tertiary/aromatic N) is 1. The number of nitrogens with one attached hydrogen (secondary N) is 2. The average molecular weight is 337 g/mol. The maximum absolute atomic E-state index is 12.2. The predicted octanol–water partition coefficient (Wildman–Crippen LogP) is 4.29. The molecule has 4 heteroatoms. The van der Waals surface area contributed by atoms with Crippen molar-refractivity contribution in [3.05, 3.63) is 54.1 Å². The van der Waals surface area contributed by atoms with Crippen molar-refractivity contribution in [3.8, 4) is 0 Å². The largest absolute Gasteiger partial charge is 0.376 e. The van der Waals surface area contributed by atoms with Gasteiger partial charge in [0.15, 0.2) is 0 Å². The molecule has 0 bridgehead atoms. The van der Waals surface area contributed by atoms with Crippen molar-refractivity contribution in [2.75, 3.05) is 35.2 Å². The van der Waals surface area contributed by atoms with Crippen LogP contribution in [0.15, 0.2) is 48.5 Å². The Kier molecular flexibility index (Phi) is 5.94. The van der Waals surface area contributed by atoms with Gasteiger partial charge in [0.25, 0.3) is 0 Å². The molecule has 4 nitrogen and oxygen atoms in total. The third-order valence-electron chi connectivity index (χ3n) is 4.71. The zero-order chi connectivity index (χ0) is 17.5. The van der Waals surface area contributed by atoms with Gasteiger partial charge in [-0.05, 0) is 61.6 Å². The first-order valence-electron chi connectivity index (χ1n) is 9.23. The van der Waals surface area contributed by atoms with Crippen LogP contribution < -0.4 is 15.5 Å². The van der Waals surface area contributed by atoms with Crippen LogP contribution in [0.2, 0.25) is 0 Å². The van der Waals surface area contributed by atoms with Crippen LogP contribution in [0.25, 0.3) is 0 Å². The summed E-state index contributed by atoms with van der Waals surface area (Å²) >= 11 is 0. The first-order chi connectivity index (χ1) is 12.3. The van der Waals surface area contributed by atoms with Crippen molar-refractivity contribution in [2.24, 2.45) is 0 Å². The lowest BCUT2D eigenvalue weighted by molar-refractivity contribution is -0.114. The minimum absolute atomic E-state index is 0.0268. The van der Waals surface area contributed by atoms with Crippen molar-refractivity contribution < 1.29 is 4.79 Å². The maximum Gasteiger partial charge on any atom is 0.243 e. The highest BCUT2D eigenvalue weighted by atomic mass is 16.1. The summed E-state index contributed by atoms with van der Waals surface area (Å²) in [6.07, 6.45) is 4.80. The molecule has 1 amide bonds. The molecule has 1 heterocycles. The maximum atomic E-state index is 12.2. The fourth-order valence-corrected chi connectivity index (χ4v) is 3.27. The minimum Gasteiger partial charge on any atom is -0.376 e. The third-order valence-corrected chi connectivity index (χ3v) is 4.71. The van der Waals surface area contributed by atoms with Crippen molar-refractivity contribution in [3.63, 3.8) is 0 Å². The zero-order valence-corrected chi connectivity index (χ0v) is 14.9. The third kappa shape index (κ3) is 4.75. The van der Waals surface area contributed by atoms with Gasteiger partial charge in [-0.15, -0.1) is 0 Å². The van der Waals surface area contributed by atoms with Crippen molar-refractivity contribution in [1.29, 1.82) is 0 Å². The van der Waals surface area contributed by atoms with Gasteiger partial charge in [0.1, 0.15) is 0 Å². The lowest BCUT2D eigenvalue weighted by Gasteiger charge is -2.28. The van der Waals surface area contributed by atoms with Gasteiger partial charge in [0.05, 0.1) is 6.54 Å². The summed E-state index contributed by atoms with van der Waals surface area (Å²) in [5, 5.41) is 6.19. The van der Waals surface area contributed by atoms with E-state index in [1.807, 2.05) is 24.3 Å². The molecule has 0 atom stereocenters. The molecule has 0 aromatic heterocycles. The van der Waals surface area contributed by atoms with Crippen LogP contribution in [0.3, 0.4) is 0 Å². The van der Waals surface area contributed by atoms with Gasteiger partial charge in [-0.1, -0.05) is 25.1 Å². The molecule has 1 aliphatic heterocycles. The number of rotatable bonds is 6. The van der Waals surface area contributed by atoms with Gasteiger partial charge in [0.2, 0.25) is 5.91 Å². The van der Waals surface area contributed by atoms with E-state index in [2.05, 4.69) is 46.7 Å². The summed E-state index contributed by atoms with van der Waals surface area (Å²) in [5.41, 5.74) is 4.30. The second-order valence-corrected chi connectivity index (χ2v) is 6.51. The summed E-state index contributed by atoms with van der Waals surface area (Å²) < 4.78 is 0. The van der Waals surface area contributed by atoms with Crippen LogP contribution in [0.4, 0.5) is 17.1 Å². The molecule has 0 aliphatic carbocycles. The standard InChI is InChI=1S/C21H27N3O/c1-2-17-8-4-5-9-20(17)23-21(25)16-22-18-10-12-19(13-11-18)24-14-6-3-7-15-24/h4-5,8-13,22H,2-3,6-7,14-16H2,1H3,(H,23,25). The number of hydrogen-bond acceptors (Lipinski definition) is 3. The summed E-state index contributed by atoms with van der Waals surface area (Å²) in [7, 11) is 0. The van der Waals surface area contributed by atoms with Crippen LogP contribution in [0, 0.1) is 0 Å². The molecule has 1 fully saturated rings. The highest BCUT2D eigenvalue weighted by Crippen LogP contribution is 2.21. The molecule has 0 unspecified atom stereocenters. The normalized spacial score (nSPS) is 14.2. The number of anilines is 3. The zero-order valence-electron chi connectivity index (χ0n) is 14.9. The van der Waals surface area contributed by atoms with Gasteiger partial charge in [-0.3, -0.25) is 4.79 Å². The topological polar surface area (TPSA) is 44.4 Å². The molecule has 0 saturated carbocycles. The first-order valence-corrected chi connectivity index (χ1v) is 9.23. The Hall–Kier alpha value is -2.49. The van der Waals surface area contributed by atoms with E-state index in [4.69, 9.17) is 0 Å². The fraction of sp³-hybridized carbons (Fsp3) is 0.381. The van der Waals surface area contributed by atoms with Gasteiger partial charge in [0, 0.05) is 30.2 Å². The first kappa shape index (κ1) is 17.3. The Bertz CT molecular complexity index is 691. The summed E-state index contributed by atoms with van der Waals surface area (Å²) in [6, 6.07) is 16.3. The van der Waals surface area contributed by atoms with Crippen molar-refractivity contribution in [1.82, 2.24) is 0 Å². The Morgan fingerprint density at radius 1 is 1.00 bits per heavy atom. The van der Waals surface area contributed by atoms with Crippen LogP contribution in [0.1, 0.15) is 31.7 Å². The Morgan fingerprint density at radius 2 is 1.72 bits per heavy atom. The molecule has 25 heavy (non-hydrogen) atoms. The summed E-state index contributed by atoms with van der Waals surface area (Å²) in [5.74, 6) is -0.0268. The Morgan fingerprint density at radius 3 is 2.44 bits per heavy atom.